The van der Waals surface area contributed by atoms with Gasteiger partial charge in [0.05, 0.1) is 23.1 Å². The molecule has 1 heterocycles. The number of unbranched alkanes of at least 4 members (excludes halogenated alkanes) is 5. The van der Waals surface area contributed by atoms with E-state index in [2.05, 4.69) is 13.0 Å². The van der Waals surface area contributed by atoms with Crippen molar-refractivity contribution < 1.29 is 9.32 Å². The van der Waals surface area contributed by atoms with E-state index in [9.17, 15) is 14.6 Å². The molecule has 0 amide bonds. The number of aromatic nitrogens is 1. The van der Waals surface area contributed by atoms with Gasteiger partial charge in [0.1, 0.15) is 11.1 Å². The number of benzene rings is 2. The van der Waals surface area contributed by atoms with E-state index in [0.717, 1.165) is 35.2 Å². The predicted molar refractivity (Wildman–Crippen MR) is 153 cm³/mol. The SMILES string of the molecule is CCCCCCCCS(=O)CC(O)CSc1nc(-c2ccc(C)cc2)cc(-c2ccccc2)c1C#N. The number of nitriles is 1. The highest BCUT2D eigenvalue weighted by Crippen LogP contribution is 2.34. The second-order valence-electron chi connectivity index (χ2n) is 9.12. The van der Waals surface area contributed by atoms with Gasteiger partial charge in [0.15, 0.2) is 0 Å². The van der Waals surface area contributed by atoms with Gasteiger partial charge in [-0.3, -0.25) is 4.21 Å². The van der Waals surface area contributed by atoms with Gasteiger partial charge in [-0.1, -0.05) is 99.2 Å². The molecule has 6 heteroatoms. The van der Waals surface area contributed by atoms with Gasteiger partial charge in [0, 0.05) is 33.4 Å². The summed E-state index contributed by atoms with van der Waals surface area (Å²) in [6.07, 6.45) is 6.23. The van der Waals surface area contributed by atoms with Crippen LogP contribution in [0.15, 0.2) is 65.7 Å². The monoisotopic (exact) mass is 520 g/mol. The average molecular weight is 521 g/mol. The summed E-state index contributed by atoms with van der Waals surface area (Å²) >= 11 is 1.36. The van der Waals surface area contributed by atoms with Crippen molar-refractivity contribution in [3.63, 3.8) is 0 Å². The van der Waals surface area contributed by atoms with E-state index in [0.29, 0.717) is 22.1 Å². The molecule has 2 unspecified atom stereocenters. The van der Waals surface area contributed by atoms with Gasteiger partial charge >= 0.3 is 0 Å². The van der Waals surface area contributed by atoms with Crippen molar-refractivity contribution in [2.75, 3.05) is 17.3 Å². The molecule has 2 atom stereocenters. The van der Waals surface area contributed by atoms with E-state index in [1.807, 2.05) is 67.6 Å². The number of aliphatic hydroxyl groups excluding tert-OH is 1. The number of hydrogen-bond donors (Lipinski definition) is 1. The van der Waals surface area contributed by atoms with Crippen molar-refractivity contribution in [1.29, 1.82) is 5.26 Å². The molecule has 36 heavy (non-hydrogen) atoms. The molecule has 0 fully saturated rings. The third kappa shape index (κ3) is 8.58. The molecular weight excluding hydrogens is 484 g/mol. The van der Waals surface area contributed by atoms with Crippen LogP contribution in [0.4, 0.5) is 0 Å². The van der Waals surface area contributed by atoms with Gasteiger partial charge in [0.25, 0.3) is 0 Å². The lowest BCUT2D eigenvalue weighted by molar-refractivity contribution is 0.224. The normalized spacial score (nSPS) is 12.7. The van der Waals surface area contributed by atoms with Crippen LogP contribution in [0.5, 0.6) is 0 Å². The number of rotatable bonds is 14. The second kappa shape index (κ2) is 14.9. The Hall–Kier alpha value is -2.46. The molecule has 0 aliphatic carbocycles. The number of aliphatic hydroxyl groups is 1. The van der Waals surface area contributed by atoms with Gasteiger partial charge < -0.3 is 5.11 Å². The van der Waals surface area contributed by atoms with Crippen LogP contribution in [0.2, 0.25) is 0 Å². The molecule has 190 valence electrons. The highest BCUT2D eigenvalue weighted by atomic mass is 32.2. The number of hydrogen-bond acceptors (Lipinski definition) is 5. The van der Waals surface area contributed by atoms with Crippen molar-refractivity contribution in [3.8, 4) is 28.5 Å². The molecule has 1 N–H and O–H groups in total. The molecule has 0 aliphatic rings. The minimum absolute atomic E-state index is 0.257. The molecule has 3 aromatic rings. The maximum atomic E-state index is 12.5. The van der Waals surface area contributed by atoms with Crippen molar-refractivity contribution in [3.05, 3.63) is 71.8 Å². The summed E-state index contributed by atoms with van der Waals surface area (Å²) in [5.74, 6) is 1.24. The van der Waals surface area contributed by atoms with Crippen LogP contribution in [0.1, 0.15) is 56.6 Å². The van der Waals surface area contributed by atoms with E-state index in [4.69, 9.17) is 4.98 Å². The van der Waals surface area contributed by atoms with Crippen LogP contribution < -0.4 is 0 Å². The Morgan fingerprint density at radius 2 is 1.69 bits per heavy atom. The molecule has 0 radical (unpaired) electrons. The van der Waals surface area contributed by atoms with Crippen LogP contribution in [0, 0.1) is 18.3 Å². The van der Waals surface area contributed by atoms with Crippen molar-refractivity contribution in [2.45, 2.75) is 63.5 Å². The fourth-order valence-electron chi connectivity index (χ4n) is 4.02. The maximum Gasteiger partial charge on any atom is 0.115 e. The topological polar surface area (TPSA) is 74.0 Å². The standard InChI is InChI=1S/C30H36N2O2S2/c1-3-4-5-6-7-11-18-36(34)22-26(33)21-35-30-28(20-31)27(24-12-9-8-10-13-24)19-29(32-30)25-16-14-23(2)15-17-25/h8-10,12-17,19,26,33H,3-7,11,18,21-22H2,1-2H3. The molecular formula is C30H36N2O2S2. The summed E-state index contributed by atoms with van der Waals surface area (Å²) in [6, 6.07) is 22.3. The molecule has 3 rings (SSSR count). The number of pyridine rings is 1. The largest absolute Gasteiger partial charge is 0.391 e. The zero-order valence-electron chi connectivity index (χ0n) is 21.3. The Labute approximate surface area is 222 Å². The van der Waals surface area contributed by atoms with Crippen LogP contribution in [0.25, 0.3) is 22.4 Å². The average Bonchev–Trinajstić information content (AvgIpc) is 2.89. The van der Waals surface area contributed by atoms with Gasteiger partial charge in [-0.05, 0) is 25.0 Å². The van der Waals surface area contributed by atoms with E-state index in [1.165, 1.54) is 43.0 Å². The highest BCUT2D eigenvalue weighted by Gasteiger charge is 2.18. The lowest BCUT2D eigenvalue weighted by Gasteiger charge is -2.14. The van der Waals surface area contributed by atoms with Crippen molar-refractivity contribution in [2.24, 2.45) is 0 Å². The third-order valence-electron chi connectivity index (χ3n) is 6.05. The number of nitrogens with zero attached hydrogens (tertiary/aromatic N) is 2. The summed E-state index contributed by atoms with van der Waals surface area (Å²) in [5, 5.41) is 21.2. The first kappa shape index (κ1) is 28.1. The van der Waals surface area contributed by atoms with E-state index < -0.39 is 16.9 Å². The lowest BCUT2D eigenvalue weighted by atomic mass is 9.99. The smallest absolute Gasteiger partial charge is 0.115 e. The van der Waals surface area contributed by atoms with E-state index in [1.54, 1.807) is 0 Å². The second-order valence-corrected chi connectivity index (χ2v) is 11.8. The zero-order valence-corrected chi connectivity index (χ0v) is 22.9. The molecule has 0 bridgehead atoms. The van der Waals surface area contributed by atoms with Gasteiger partial charge in [-0.2, -0.15) is 5.26 Å². The van der Waals surface area contributed by atoms with Crippen LogP contribution in [-0.4, -0.2) is 37.7 Å². The Bertz CT molecular complexity index is 1160. The summed E-state index contributed by atoms with van der Waals surface area (Å²) in [4.78, 5) is 4.82. The van der Waals surface area contributed by atoms with E-state index >= 15 is 0 Å². The predicted octanol–water partition coefficient (Wildman–Crippen LogP) is 7.16. The molecule has 0 saturated heterocycles. The molecule has 2 aromatic carbocycles. The van der Waals surface area contributed by atoms with Gasteiger partial charge in [0.2, 0.25) is 0 Å². The minimum atomic E-state index is -1.04. The van der Waals surface area contributed by atoms with Crippen LogP contribution in [-0.2, 0) is 10.8 Å². The fourth-order valence-corrected chi connectivity index (χ4v) is 6.34. The molecule has 0 aliphatic heterocycles. The fraction of sp³-hybridized carbons (Fsp3) is 0.400. The Kier molecular flexibility index (Phi) is 11.7. The number of thioether (sulfide) groups is 1. The Balaban J connectivity index is 1.73. The molecule has 0 spiro atoms. The quantitative estimate of drug-likeness (QED) is 0.180. The molecule has 1 aromatic heterocycles. The summed E-state index contributed by atoms with van der Waals surface area (Å²) < 4.78 is 12.5. The lowest BCUT2D eigenvalue weighted by Crippen LogP contribution is -2.21. The van der Waals surface area contributed by atoms with E-state index in [-0.39, 0.29) is 5.75 Å². The minimum Gasteiger partial charge on any atom is -0.391 e. The Morgan fingerprint density at radius 3 is 2.39 bits per heavy atom. The van der Waals surface area contributed by atoms with Crippen LogP contribution in [0.3, 0.4) is 0 Å². The van der Waals surface area contributed by atoms with Gasteiger partial charge in [-0.15, -0.1) is 11.8 Å². The van der Waals surface area contributed by atoms with Crippen molar-refractivity contribution >= 4 is 22.6 Å². The Morgan fingerprint density at radius 1 is 1.00 bits per heavy atom. The first-order valence-electron chi connectivity index (χ1n) is 12.7. The highest BCUT2D eigenvalue weighted by molar-refractivity contribution is 7.99. The summed E-state index contributed by atoms with van der Waals surface area (Å²) in [5.41, 5.74) is 5.21. The summed E-state index contributed by atoms with van der Waals surface area (Å²) in [6.45, 7) is 4.25. The first-order valence-corrected chi connectivity index (χ1v) is 15.2. The zero-order chi connectivity index (χ0) is 25.8. The third-order valence-corrected chi connectivity index (χ3v) is 8.67. The summed E-state index contributed by atoms with van der Waals surface area (Å²) in [7, 11) is -1.04. The molecule has 0 saturated carbocycles. The van der Waals surface area contributed by atoms with Crippen LogP contribution >= 0.6 is 11.8 Å². The maximum absolute atomic E-state index is 12.5. The molecule has 4 nitrogen and oxygen atoms in total. The van der Waals surface area contributed by atoms with Gasteiger partial charge in [-0.25, -0.2) is 4.98 Å². The number of aryl methyl sites for hydroxylation is 1. The van der Waals surface area contributed by atoms with Crippen molar-refractivity contribution in [1.82, 2.24) is 4.98 Å². The first-order chi connectivity index (χ1) is 17.5.